The highest BCUT2D eigenvalue weighted by atomic mass is 16.3. The summed E-state index contributed by atoms with van der Waals surface area (Å²) in [5.41, 5.74) is 0. The van der Waals surface area contributed by atoms with Crippen molar-refractivity contribution < 1.29 is 9.90 Å². The number of rotatable bonds is 6. The molecule has 6 nitrogen and oxygen atoms in total. The van der Waals surface area contributed by atoms with Crippen molar-refractivity contribution in [1.29, 1.82) is 0 Å². The van der Waals surface area contributed by atoms with Gasteiger partial charge < -0.3 is 20.6 Å². The van der Waals surface area contributed by atoms with Crippen LogP contribution in [0.5, 0.6) is 0 Å². The summed E-state index contributed by atoms with van der Waals surface area (Å²) in [6.45, 7) is 1.82. The lowest BCUT2D eigenvalue weighted by atomic mass is 9.83. The molecular formula is C19H30N4O2. The molecular weight excluding hydrogens is 316 g/mol. The van der Waals surface area contributed by atoms with Gasteiger partial charge in [-0.05, 0) is 43.7 Å². The number of nitrogens with zero attached hydrogens (tertiary/aromatic N) is 2. The van der Waals surface area contributed by atoms with Gasteiger partial charge in [-0.1, -0.05) is 25.3 Å². The van der Waals surface area contributed by atoms with Crippen LogP contribution in [-0.2, 0) is 0 Å². The van der Waals surface area contributed by atoms with Crippen molar-refractivity contribution >= 4 is 11.8 Å². The zero-order chi connectivity index (χ0) is 17.5. The molecule has 2 fully saturated rings. The predicted octanol–water partition coefficient (Wildman–Crippen LogP) is 2.29. The van der Waals surface area contributed by atoms with Gasteiger partial charge in [0, 0.05) is 38.0 Å². The van der Waals surface area contributed by atoms with Gasteiger partial charge in [-0.15, -0.1) is 0 Å². The standard InChI is InChI=1S/C19H30N4O2/c24-13-10-17(15-6-2-1-3-7-15)22-19(25)21-16-9-12-23(14-16)18-8-4-5-11-20-18/h4-5,8,11,15-17,24H,1-3,6-7,9-10,12-14H2,(H2,21,22,25). The normalized spacial score (nSPS) is 22.6. The maximum absolute atomic E-state index is 12.4. The minimum absolute atomic E-state index is 0.0820. The van der Waals surface area contributed by atoms with Gasteiger partial charge in [0.2, 0.25) is 0 Å². The summed E-state index contributed by atoms with van der Waals surface area (Å²) in [7, 11) is 0. The monoisotopic (exact) mass is 346 g/mol. The van der Waals surface area contributed by atoms with Crippen molar-refractivity contribution in [3.05, 3.63) is 24.4 Å². The molecule has 25 heavy (non-hydrogen) atoms. The smallest absolute Gasteiger partial charge is 0.315 e. The highest BCUT2D eigenvalue weighted by molar-refractivity contribution is 5.74. The Morgan fingerprint density at radius 3 is 2.84 bits per heavy atom. The number of aliphatic hydroxyl groups excluding tert-OH is 1. The molecule has 138 valence electrons. The topological polar surface area (TPSA) is 77.5 Å². The first kappa shape index (κ1) is 18.0. The maximum atomic E-state index is 12.4. The third-order valence-electron chi connectivity index (χ3n) is 5.47. The van der Waals surface area contributed by atoms with Crippen LogP contribution in [-0.4, -0.2) is 47.9 Å². The molecule has 2 aliphatic rings. The Labute approximate surface area is 150 Å². The fourth-order valence-corrected chi connectivity index (χ4v) is 4.12. The van der Waals surface area contributed by atoms with Crippen molar-refractivity contribution in [2.24, 2.45) is 5.92 Å². The van der Waals surface area contributed by atoms with Gasteiger partial charge in [0.05, 0.1) is 0 Å². The van der Waals surface area contributed by atoms with E-state index in [0.29, 0.717) is 12.3 Å². The molecule has 0 spiro atoms. The Hall–Kier alpha value is -1.82. The summed E-state index contributed by atoms with van der Waals surface area (Å²) in [4.78, 5) is 19.0. The Balaban J connectivity index is 1.48. The number of hydrogen-bond acceptors (Lipinski definition) is 4. The Kier molecular flexibility index (Phi) is 6.50. The highest BCUT2D eigenvalue weighted by Crippen LogP contribution is 2.27. The third-order valence-corrected chi connectivity index (χ3v) is 5.47. The van der Waals surface area contributed by atoms with Crippen LogP contribution >= 0.6 is 0 Å². The lowest BCUT2D eigenvalue weighted by molar-refractivity contribution is 0.195. The largest absolute Gasteiger partial charge is 0.396 e. The Bertz CT molecular complexity index is 533. The second-order valence-electron chi connectivity index (χ2n) is 7.25. The summed E-state index contributed by atoms with van der Waals surface area (Å²) in [5, 5.41) is 15.6. The summed E-state index contributed by atoms with van der Waals surface area (Å²) in [6.07, 6.45) is 9.44. The summed E-state index contributed by atoms with van der Waals surface area (Å²) < 4.78 is 0. The van der Waals surface area contributed by atoms with Gasteiger partial charge in [-0.3, -0.25) is 0 Å². The van der Waals surface area contributed by atoms with Crippen LogP contribution in [0.25, 0.3) is 0 Å². The van der Waals surface area contributed by atoms with E-state index in [-0.39, 0.29) is 24.7 Å². The second kappa shape index (κ2) is 9.04. The zero-order valence-electron chi connectivity index (χ0n) is 14.9. The van der Waals surface area contributed by atoms with E-state index in [1.54, 1.807) is 6.20 Å². The Morgan fingerprint density at radius 2 is 2.12 bits per heavy atom. The molecule has 0 aromatic carbocycles. The lowest BCUT2D eigenvalue weighted by Crippen LogP contribution is -2.49. The van der Waals surface area contributed by atoms with Gasteiger partial charge in [-0.2, -0.15) is 0 Å². The molecule has 2 heterocycles. The quantitative estimate of drug-likeness (QED) is 0.738. The van der Waals surface area contributed by atoms with Crippen LogP contribution in [0.1, 0.15) is 44.9 Å². The van der Waals surface area contributed by atoms with E-state index in [1.165, 1.54) is 19.3 Å². The molecule has 6 heteroatoms. The average molecular weight is 346 g/mol. The maximum Gasteiger partial charge on any atom is 0.315 e. The summed E-state index contributed by atoms with van der Waals surface area (Å²) >= 11 is 0. The molecule has 1 aromatic rings. The van der Waals surface area contributed by atoms with E-state index in [1.807, 2.05) is 18.2 Å². The molecule has 1 saturated carbocycles. The van der Waals surface area contributed by atoms with Crippen LogP contribution in [0, 0.1) is 5.92 Å². The number of amides is 2. The third kappa shape index (κ3) is 5.08. The molecule has 2 amide bonds. The molecule has 0 bridgehead atoms. The molecule has 2 atom stereocenters. The average Bonchev–Trinajstić information content (AvgIpc) is 3.11. The first-order valence-corrected chi connectivity index (χ1v) is 9.60. The number of anilines is 1. The van der Waals surface area contributed by atoms with Crippen LogP contribution in [0.3, 0.4) is 0 Å². The van der Waals surface area contributed by atoms with E-state index in [9.17, 15) is 9.90 Å². The first-order valence-electron chi connectivity index (χ1n) is 9.60. The van der Waals surface area contributed by atoms with E-state index < -0.39 is 0 Å². The van der Waals surface area contributed by atoms with Crippen molar-refractivity contribution in [2.45, 2.75) is 57.0 Å². The van der Waals surface area contributed by atoms with E-state index >= 15 is 0 Å². The molecule has 1 aromatic heterocycles. The second-order valence-corrected chi connectivity index (χ2v) is 7.25. The number of hydrogen-bond donors (Lipinski definition) is 3. The SMILES string of the molecule is O=C(NC1CCN(c2ccccn2)C1)NC(CCO)C1CCCCC1. The predicted molar refractivity (Wildman–Crippen MR) is 98.6 cm³/mol. The van der Waals surface area contributed by atoms with Gasteiger partial charge in [0.15, 0.2) is 0 Å². The lowest BCUT2D eigenvalue weighted by Gasteiger charge is -2.31. The van der Waals surface area contributed by atoms with Gasteiger partial charge in [0.1, 0.15) is 5.82 Å². The van der Waals surface area contributed by atoms with E-state index in [2.05, 4.69) is 20.5 Å². The highest BCUT2D eigenvalue weighted by Gasteiger charge is 2.28. The van der Waals surface area contributed by atoms with Crippen molar-refractivity contribution in [3.63, 3.8) is 0 Å². The number of carbonyl (C=O) groups is 1. The van der Waals surface area contributed by atoms with Gasteiger partial charge >= 0.3 is 6.03 Å². The minimum Gasteiger partial charge on any atom is -0.396 e. The first-order chi connectivity index (χ1) is 12.3. The minimum atomic E-state index is -0.100. The van der Waals surface area contributed by atoms with Gasteiger partial charge in [-0.25, -0.2) is 9.78 Å². The molecule has 3 N–H and O–H groups in total. The number of aromatic nitrogens is 1. The molecule has 3 rings (SSSR count). The van der Waals surface area contributed by atoms with Crippen LogP contribution in [0.2, 0.25) is 0 Å². The van der Waals surface area contributed by atoms with Crippen molar-refractivity contribution in [1.82, 2.24) is 15.6 Å². The summed E-state index contributed by atoms with van der Waals surface area (Å²) in [5.74, 6) is 1.47. The fourth-order valence-electron chi connectivity index (χ4n) is 4.12. The number of carbonyl (C=O) groups excluding carboxylic acids is 1. The van der Waals surface area contributed by atoms with Crippen LogP contribution < -0.4 is 15.5 Å². The molecule has 1 aliphatic carbocycles. The molecule has 1 aliphatic heterocycles. The Morgan fingerprint density at radius 1 is 1.28 bits per heavy atom. The number of nitrogens with one attached hydrogen (secondary N) is 2. The van der Waals surface area contributed by atoms with Crippen molar-refractivity contribution in [3.8, 4) is 0 Å². The van der Waals surface area contributed by atoms with Gasteiger partial charge in [0.25, 0.3) is 0 Å². The van der Waals surface area contributed by atoms with Crippen LogP contribution in [0.15, 0.2) is 24.4 Å². The fraction of sp³-hybridized carbons (Fsp3) is 0.684. The van der Waals surface area contributed by atoms with E-state index in [0.717, 1.165) is 38.2 Å². The molecule has 0 radical (unpaired) electrons. The van der Waals surface area contributed by atoms with Crippen LogP contribution in [0.4, 0.5) is 10.6 Å². The van der Waals surface area contributed by atoms with E-state index in [4.69, 9.17) is 0 Å². The number of urea groups is 1. The number of pyridine rings is 1. The molecule has 1 saturated heterocycles. The zero-order valence-corrected chi connectivity index (χ0v) is 14.9. The van der Waals surface area contributed by atoms with Crippen molar-refractivity contribution in [2.75, 3.05) is 24.6 Å². The molecule has 2 unspecified atom stereocenters. The number of aliphatic hydroxyl groups is 1. The summed E-state index contributed by atoms with van der Waals surface area (Å²) in [6, 6.07) is 6.02.